The molecule has 3 aliphatic heterocycles. The third kappa shape index (κ3) is 4.06. The molecule has 0 saturated carbocycles. The summed E-state index contributed by atoms with van der Waals surface area (Å²) in [4.78, 5) is 58.1. The van der Waals surface area contributed by atoms with Gasteiger partial charge in [0.15, 0.2) is 0 Å². The van der Waals surface area contributed by atoms with E-state index >= 15 is 0 Å². The molecule has 5 amide bonds. The van der Waals surface area contributed by atoms with Crippen LogP contribution >= 0.6 is 11.3 Å². The molecule has 3 fully saturated rings. The van der Waals surface area contributed by atoms with Gasteiger partial charge in [0.25, 0.3) is 5.91 Å². The number of hydrogen-bond donors (Lipinski definition) is 1. The van der Waals surface area contributed by atoms with Crippen LogP contribution in [0.25, 0.3) is 10.1 Å². The standard InChI is InChI=1S/C26H33N5O4S/c1-3-31-20(32)15-26(24(31)34)11-6-12-30(16-26)17-9-13-29(14-10-17)22(33)21-18-7-4-5-8-19(18)36-23(21)28(2)25(27)35/h4-5,7-8,17H,3,6,9-16H2,1-2H3,(H2,27,35). The van der Waals surface area contributed by atoms with E-state index < -0.39 is 11.4 Å². The minimum Gasteiger partial charge on any atom is -0.351 e. The average Bonchev–Trinajstić information content (AvgIpc) is 3.37. The fourth-order valence-corrected chi connectivity index (χ4v) is 7.31. The monoisotopic (exact) mass is 511 g/mol. The number of piperidine rings is 2. The number of rotatable bonds is 4. The molecule has 0 bridgehead atoms. The van der Waals surface area contributed by atoms with Gasteiger partial charge in [-0.25, -0.2) is 4.79 Å². The minimum absolute atomic E-state index is 0.0113. The number of nitrogens with zero attached hydrogens (tertiary/aromatic N) is 4. The number of carbonyl (C=O) groups excluding carboxylic acids is 4. The molecule has 1 unspecified atom stereocenters. The van der Waals surface area contributed by atoms with Crippen LogP contribution in [0.5, 0.6) is 0 Å². The summed E-state index contributed by atoms with van der Waals surface area (Å²) >= 11 is 1.39. The highest BCUT2D eigenvalue weighted by Crippen LogP contribution is 2.42. The summed E-state index contributed by atoms with van der Waals surface area (Å²) in [5.41, 5.74) is 5.49. The summed E-state index contributed by atoms with van der Waals surface area (Å²) in [5.74, 6) is -0.147. The maximum atomic E-state index is 13.7. The minimum atomic E-state index is -0.602. The second kappa shape index (κ2) is 9.48. The molecule has 10 heteroatoms. The lowest BCUT2D eigenvalue weighted by Gasteiger charge is -2.45. The first-order chi connectivity index (χ1) is 17.3. The molecule has 2 N–H and O–H groups in total. The fourth-order valence-electron chi connectivity index (χ4n) is 6.15. The van der Waals surface area contributed by atoms with E-state index in [2.05, 4.69) is 4.90 Å². The summed E-state index contributed by atoms with van der Waals surface area (Å²) in [7, 11) is 1.59. The molecule has 1 aromatic carbocycles. The number of hydrogen-bond acceptors (Lipinski definition) is 6. The van der Waals surface area contributed by atoms with Crippen molar-refractivity contribution in [1.82, 2.24) is 14.7 Å². The quantitative estimate of drug-likeness (QED) is 0.635. The number of anilines is 1. The van der Waals surface area contributed by atoms with Crippen LogP contribution in [-0.4, -0.2) is 84.3 Å². The molecule has 9 nitrogen and oxygen atoms in total. The van der Waals surface area contributed by atoms with Crippen LogP contribution in [0.3, 0.4) is 0 Å². The van der Waals surface area contributed by atoms with E-state index in [-0.39, 0.29) is 23.8 Å². The van der Waals surface area contributed by atoms with Gasteiger partial charge in [-0.2, -0.15) is 0 Å². The lowest BCUT2D eigenvalue weighted by Crippen LogP contribution is -2.54. The lowest BCUT2D eigenvalue weighted by atomic mass is 9.77. The van der Waals surface area contributed by atoms with Gasteiger partial charge in [0.05, 0.1) is 11.0 Å². The maximum Gasteiger partial charge on any atom is 0.319 e. The van der Waals surface area contributed by atoms with Gasteiger partial charge in [-0.05, 0) is 45.2 Å². The van der Waals surface area contributed by atoms with E-state index in [1.807, 2.05) is 36.1 Å². The number of amides is 5. The Morgan fingerprint density at radius 2 is 1.89 bits per heavy atom. The summed E-state index contributed by atoms with van der Waals surface area (Å²) < 4.78 is 0.939. The maximum absolute atomic E-state index is 13.7. The highest BCUT2D eigenvalue weighted by atomic mass is 32.1. The number of fused-ring (bicyclic) bond motifs is 1. The molecule has 1 spiro atoms. The molecule has 5 rings (SSSR count). The van der Waals surface area contributed by atoms with Gasteiger partial charge in [-0.1, -0.05) is 18.2 Å². The van der Waals surface area contributed by atoms with Crippen molar-refractivity contribution in [3.63, 3.8) is 0 Å². The predicted octanol–water partition coefficient (Wildman–Crippen LogP) is 2.88. The molecule has 3 saturated heterocycles. The molecule has 3 aliphatic rings. The van der Waals surface area contributed by atoms with Gasteiger partial charge in [0, 0.05) is 55.8 Å². The Bertz CT molecular complexity index is 1220. The van der Waals surface area contributed by atoms with E-state index in [1.165, 1.54) is 21.1 Å². The second-order valence-electron chi connectivity index (χ2n) is 10.2. The molecular weight excluding hydrogens is 478 g/mol. The Labute approximate surface area is 214 Å². The van der Waals surface area contributed by atoms with Gasteiger partial charge in [0.1, 0.15) is 5.00 Å². The highest BCUT2D eigenvalue weighted by molar-refractivity contribution is 7.23. The van der Waals surface area contributed by atoms with Crippen LogP contribution in [-0.2, 0) is 9.59 Å². The first-order valence-corrected chi connectivity index (χ1v) is 13.5. The van der Waals surface area contributed by atoms with Crippen molar-refractivity contribution < 1.29 is 19.2 Å². The van der Waals surface area contributed by atoms with Crippen molar-refractivity contribution in [2.24, 2.45) is 11.1 Å². The first kappa shape index (κ1) is 24.7. The van der Waals surface area contributed by atoms with Crippen LogP contribution in [0, 0.1) is 5.41 Å². The molecule has 1 aromatic heterocycles. The number of likely N-dealkylation sites (tertiary alicyclic amines) is 3. The van der Waals surface area contributed by atoms with Crippen molar-refractivity contribution in [2.75, 3.05) is 44.7 Å². The summed E-state index contributed by atoms with van der Waals surface area (Å²) in [6.45, 7) is 5.03. The van der Waals surface area contributed by atoms with Crippen molar-refractivity contribution in [3.05, 3.63) is 29.8 Å². The number of carbonyl (C=O) groups is 4. The highest BCUT2D eigenvalue weighted by Gasteiger charge is 2.53. The largest absolute Gasteiger partial charge is 0.351 e. The van der Waals surface area contributed by atoms with Crippen molar-refractivity contribution in [3.8, 4) is 0 Å². The molecule has 0 aliphatic carbocycles. The third-order valence-electron chi connectivity index (χ3n) is 8.11. The zero-order valence-corrected chi connectivity index (χ0v) is 21.7. The summed E-state index contributed by atoms with van der Waals surface area (Å²) in [5, 5.41) is 1.40. The Kier molecular flexibility index (Phi) is 6.50. The number of primary amides is 1. The predicted molar refractivity (Wildman–Crippen MR) is 139 cm³/mol. The Morgan fingerprint density at radius 3 is 2.56 bits per heavy atom. The Morgan fingerprint density at radius 1 is 1.17 bits per heavy atom. The van der Waals surface area contributed by atoms with Crippen LogP contribution in [0.4, 0.5) is 9.80 Å². The van der Waals surface area contributed by atoms with E-state index in [1.54, 1.807) is 7.05 Å². The fraction of sp³-hybridized carbons (Fsp3) is 0.538. The lowest BCUT2D eigenvalue weighted by molar-refractivity contribution is -0.143. The van der Waals surface area contributed by atoms with Crippen LogP contribution in [0.2, 0.25) is 0 Å². The molecule has 192 valence electrons. The Hall–Kier alpha value is -2.98. The van der Waals surface area contributed by atoms with Crippen LogP contribution in [0.15, 0.2) is 24.3 Å². The van der Waals surface area contributed by atoms with Crippen molar-refractivity contribution >= 4 is 50.2 Å². The van der Waals surface area contributed by atoms with E-state index in [9.17, 15) is 19.2 Å². The SMILES string of the molecule is CCN1C(=O)CC2(CCCN(C3CCN(C(=O)c4c(N(C)C(N)=O)sc5ccccc45)CC3)C2)C1=O. The van der Waals surface area contributed by atoms with E-state index in [4.69, 9.17) is 5.73 Å². The molecular formula is C26H33N5O4S. The van der Waals surface area contributed by atoms with E-state index in [0.717, 1.165) is 42.3 Å². The third-order valence-corrected chi connectivity index (χ3v) is 9.35. The van der Waals surface area contributed by atoms with Gasteiger partial charge >= 0.3 is 6.03 Å². The van der Waals surface area contributed by atoms with Gasteiger partial charge in [0.2, 0.25) is 11.8 Å². The zero-order valence-electron chi connectivity index (χ0n) is 20.9. The number of urea groups is 1. The molecule has 0 radical (unpaired) electrons. The zero-order chi connectivity index (χ0) is 25.6. The Balaban J connectivity index is 1.30. The van der Waals surface area contributed by atoms with Gasteiger partial charge in [-0.15, -0.1) is 11.3 Å². The van der Waals surface area contributed by atoms with Crippen LogP contribution < -0.4 is 10.6 Å². The van der Waals surface area contributed by atoms with Crippen molar-refractivity contribution in [1.29, 1.82) is 0 Å². The molecule has 4 heterocycles. The number of benzene rings is 1. The molecule has 2 aromatic rings. The van der Waals surface area contributed by atoms with Gasteiger partial charge in [-0.3, -0.25) is 29.1 Å². The molecule has 36 heavy (non-hydrogen) atoms. The number of imide groups is 1. The second-order valence-corrected chi connectivity index (χ2v) is 11.2. The summed E-state index contributed by atoms with van der Waals surface area (Å²) in [6, 6.07) is 7.35. The van der Waals surface area contributed by atoms with Gasteiger partial charge < -0.3 is 10.6 Å². The number of nitrogens with two attached hydrogens (primary N) is 1. The summed E-state index contributed by atoms with van der Waals surface area (Å²) in [6.07, 6.45) is 3.60. The molecule has 1 atom stereocenters. The normalized spacial score (nSPS) is 23.7. The topological polar surface area (TPSA) is 107 Å². The average molecular weight is 512 g/mol. The van der Waals surface area contributed by atoms with Crippen LogP contribution in [0.1, 0.15) is 49.4 Å². The smallest absolute Gasteiger partial charge is 0.319 e. The van der Waals surface area contributed by atoms with Crippen molar-refractivity contribution in [2.45, 2.75) is 45.1 Å². The number of thiophene rings is 1. The van der Waals surface area contributed by atoms with E-state index in [0.29, 0.717) is 43.2 Å². The first-order valence-electron chi connectivity index (χ1n) is 12.7.